The van der Waals surface area contributed by atoms with Crippen LogP contribution < -0.4 is 0 Å². The summed E-state index contributed by atoms with van der Waals surface area (Å²) in [4.78, 5) is 18.5. The van der Waals surface area contributed by atoms with E-state index in [1.165, 1.54) is 13.8 Å². The molecule has 0 aliphatic heterocycles. The first-order valence-corrected chi connectivity index (χ1v) is 2.63. The molecule has 10 heavy (non-hydrogen) atoms. The molecule has 0 bridgehead atoms. The van der Waals surface area contributed by atoms with Gasteiger partial charge in [0.15, 0.2) is 0 Å². The maximum Gasteiger partial charge on any atom is 1.00 e. The Balaban J connectivity index is -0.0000000300. The first-order chi connectivity index (χ1) is 3.46. The summed E-state index contributed by atoms with van der Waals surface area (Å²) < 4.78 is 0. The quantitative estimate of drug-likeness (QED) is 0.452. The van der Waals surface area contributed by atoms with Gasteiger partial charge in [-0.25, -0.2) is 0 Å². The average molecular weight is 366 g/mol. The normalized spacial score (nSPS) is 5.00. The predicted octanol–water partition coefficient (Wildman–Crippen LogP) is 0.155. The van der Waals surface area contributed by atoms with E-state index < -0.39 is 0 Å². The molecule has 0 aromatic rings. The third-order valence-electron chi connectivity index (χ3n) is 0. The fourth-order valence-corrected chi connectivity index (χ4v) is 0. The predicted molar refractivity (Wildman–Crippen MR) is 36.1 cm³/mol. The van der Waals surface area contributed by atoms with Gasteiger partial charge in [0, 0.05) is 10.2 Å². The number of hydrogen-bond acceptors (Lipinski definition) is 4. The van der Waals surface area contributed by atoms with E-state index in [9.17, 15) is 9.59 Å². The minimum Gasteiger partial charge on any atom is -0.742 e. The smallest absolute Gasteiger partial charge is 0.742 e. The topological polar surface area (TPSA) is 34.1 Å². The molecular weight excluding hydrogens is 360 g/mol. The van der Waals surface area contributed by atoms with Gasteiger partial charge in [0.05, 0.1) is 0 Å². The Kier molecular flexibility index (Phi) is 37.5. The van der Waals surface area contributed by atoms with Crippen molar-refractivity contribution < 1.29 is 54.3 Å². The van der Waals surface area contributed by atoms with Crippen LogP contribution in [-0.2, 0) is 79.6 Å². The fourth-order valence-electron chi connectivity index (χ4n) is 0. The van der Waals surface area contributed by atoms with E-state index >= 15 is 0 Å². The summed E-state index contributed by atoms with van der Waals surface area (Å²) in [5.74, 6) is 0. The Morgan fingerprint density at radius 1 is 0.900 bits per heavy atom. The van der Waals surface area contributed by atoms with Crippen LogP contribution in [0, 0.1) is 0 Å². The van der Waals surface area contributed by atoms with E-state index in [2.05, 4.69) is 25.3 Å². The largest absolute Gasteiger partial charge is 1.00 e. The van der Waals surface area contributed by atoms with Crippen molar-refractivity contribution in [3.8, 4) is 0 Å². The van der Waals surface area contributed by atoms with Crippen LogP contribution >= 0.6 is 0 Å². The Hall–Kier alpha value is 1.26. The molecule has 0 spiro atoms. The number of carbonyl (C=O) groups excluding carboxylic acids is 2. The molecule has 0 radical (unpaired) electrons. The summed E-state index contributed by atoms with van der Waals surface area (Å²) in [6.07, 6.45) is 0. The van der Waals surface area contributed by atoms with Crippen LogP contribution in [0.3, 0.4) is 0 Å². The van der Waals surface area contributed by atoms with Crippen LogP contribution in [0.4, 0.5) is 0 Å². The zero-order valence-corrected chi connectivity index (χ0v) is 9.83. The zero-order chi connectivity index (χ0) is 7.15. The minimum atomic E-state index is -0.250. The molecule has 0 rings (SSSR count). The van der Waals surface area contributed by atoms with E-state index in [1.807, 2.05) is 0 Å². The van der Waals surface area contributed by atoms with Crippen LogP contribution in [0.5, 0.6) is 0 Å². The molecule has 0 amide bonds. The van der Waals surface area contributed by atoms with Gasteiger partial charge in [-0.15, -0.1) is 0 Å². The second-order valence-corrected chi connectivity index (χ2v) is 2.13. The van der Waals surface area contributed by atoms with E-state index in [-0.39, 0.29) is 55.0 Å². The molecule has 0 aromatic heterocycles. The van der Waals surface area contributed by atoms with Crippen molar-refractivity contribution in [3.63, 3.8) is 0 Å². The summed E-state index contributed by atoms with van der Waals surface area (Å²) in [5, 5.41) is -0.500. The standard InChI is InChI=1S/2C2H4OS.2Ag/c2*1-2(3)4;;/h2*1H3,(H,3,4);;/q;;2*+1/p-2. The van der Waals surface area contributed by atoms with Gasteiger partial charge in [-0.05, 0) is 13.8 Å². The third kappa shape index (κ3) is 398. The van der Waals surface area contributed by atoms with E-state index in [1.54, 1.807) is 0 Å². The zero-order valence-electron chi connectivity index (χ0n) is 5.24. The van der Waals surface area contributed by atoms with Crippen molar-refractivity contribution in [1.82, 2.24) is 0 Å². The molecule has 2 nitrogen and oxygen atoms in total. The minimum absolute atomic E-state index is 0. The molecule has 68 valence electrons. The van der Waals surface area contributed by atoms with Crippen molar-refractivity contribution in [1.29, 1.82) is 0 Å². The summed E-state index contributed by atoms with van der Waals surface area (Å²) in [7, 11) is 0. The first-order valence-electron chi connectivity index (χ1n) is 1.82. The van der Waals surface area contributed by atoms with Crippen molar-refractivity contribution in [3.05, 3.63) is 0 Å². The molecule has 0 saturated heterocycles. The Bertz CT molecular complexity index is 77.3. The maximum atomic E-state index is 9.26. The molecule has 0 aromatic carbocycles. The van der Waals surface area contributed by atoms with Crippen molar-refractivity contribution >= 4 is 35.5 Å². The Labute approximate surface area is 103 Å². The molecule has 0 aliphatic carbocycles. The van der Waals surface area contributed by atoms with Crippen LogP contribution in [-0.4, -0.2) is 10.2 Å². The molecule has 0 atom stereocenters. The number of carbonyl (C=O) groups is 2. The van der Waals surface area contributed by atoms with Crippen LogP contribution in [0.2, 0.25) is 0 Å². The van der Waals surface area contributed by atoms with Crippen LogP contribution in [0.15, 0.2) is 0 Å². The van der Waals surface area contributed by atoms with Gasteiger partial charge in [-0.2, -0.15) is 0 Å². The molecule has 0 heterocycles. The molecule has 0 saturated carbocycles. The number of hydrogen-bond donors (Lipinski definition) is 0. The van der Waals surface area contributed by atoms with Crippen molar-refractivity contribution in [2.75, 3.05) is 0 Å². The molecule has 0 fully saturated rings. The van der Waals surface area contributed by atoms with E-state index in [0.717, 1.165) is 0 Å². The maximum absolute atomic E-state index is 9.26. The van der Waals surface area contributed by atoms with Crippen LogP contribution in [0.25, 0.3) is 0 Å². The second-order valence-electron chi connectivity index (χ2n) is 0.983. The first kappa shape index (κ1) is 22.5. The van der Waals surface area contributed by atoms with E-state index in [0.29, 0.717) is 0 Å². The molecule has 6 heteroatoms. The average Bonchev–Trinajstić information content (AvgIpc) is 1.25. The summed E-state index contributed by atoms with van der Waals surface area (Å²) in [6, 6.07) is 0. The monoisotopic (exact) mass is 364 g/mol. The molecule has 0 aliphatic rings. The van der Waals surface area contributed by atoms with E-state index in [4.69, 9.17) is 0 Å². The summed E-state index contributed by atoms with van der Waals surface area (Å²) in [5.41, 5.74) is 0. The Morgan fingerprint density at radius 3 is 0.900 bits per heavy atom. The fraction of sp³-hybridized carbons (Fsp3) is 0.500. The van der Waals surface area contributed by atoms with Crippen molar-refractivity contribution in [2.45, 2.75) is 13.8 Å². The van der Waals surface area contributed by atoms with Gasteiger partial charge in [-0.3, -0.25) is 0 Å². The van der Waals surface area contributed by atoms with Gasteiger partial charge in [0.1, 0.15) is 0 Å². The summed E-state index contributed by atoms with van der Waals surface area (Å²) in [6.45, 7) is 2.69. The van der Waals surface area contributed by atoms with Gasteiger partial charge in [-0.1, -0.05) is 0 Å². The molecule has 0 unspecified atom stereocenters. The SMILES string of the molecule is CC(=O)[S-].CC(=O)[S-].[Ag+].[Ag+]. The van der Waals surface area contributed by atoms with Gasteiger partial charge < -0.3 is 34.8 Å². The van der Waals surface area contributed by atoms with Gasteiger partial charge in [0.25, 0.3) is 0 Å². The van der Waals surface area contributed by atoms with Gasteiger partial charge in [0.2, 0.25) is 0 Å². The van der Waals surface area contributed by atoms with Crippen LogP contribution in [0.1, 0.15) is 13.8 Å². The molecule has 0 N–H and O–H groups in total. The third-order valence-corrected chi connectivity index (χ3v) is 0. The van der Waals surface area contributed by atoms with Crippen molar-refractivity contribution in [2.24, 2.45) is 0 Å². The molecular formula is C4H6Ag2O2S2. The van der Waals surface area contributed by atoms with Gasteiger partial charge >= 0.3 is 44.8 Å². The second kappa shape index (κ2) is 16.7. The number of rotatable bonds is 0. The Morgan fingerprint density at radius 2 is 0.900 bits per heavy atom. The summed E-state index contributed by atoms with van der Waals surface area (Å²) >= 11 is 7.96.